The van der Waals surface area contributed by atoms with Crippen molar-refractivity contribution in [3.05, 3.63) is 36.0 Å². The van der Waals surface area contributed by atoms with Gasteiger partial charge >= 0.3 is 0 Å². The summed E-state index contributed by atoms with van der Waals surface area (Å²) in [5, 5.41) is 6.41. The Hall–Kier alpha value is -2.41. The topological polar surface area (TPSA) is 103 Å². The predicted molar refractivity (Wildman–Crippen MR) is 72.1 cm³/mol. The van der Waals surface area contributed by atoms with Crippen LogP contribution < -0.4 is 15.8 Å². The lowest BCUT2D eigenvalue weighted by atomic mass is 10.2. The fraction of sp³-hybridized carbons (Fsp3) is 0.308. The Balaban J connectivity index is 1.89. The normalized spacial score (nSPS) is 11.9. The molecule has 0 unspecified atom stereocenters. The van der Waals surface area contributed by atoms with Crippen LogP contribution in [0.4, 0.5) is 5.69 Å². The van der Waals surface area contributed by atoms with Gasteiger partial charge in [0.2, 0.25) is 17.6 Å². The highest BCUT2D eigenvalue weighted by Gasteiger charge is 2.07. The molecule has 1 heterocycles. The van der Waals surface area contributed by atoms with Crippen molar-refractivity contribution in [1.29, 1.82) is 0 Å². The van der Waals surface area contributed by atoms with E-state index in [2.05, 4.69) is 15.5 Å². The quantitative estimate of drug-likeness (QED) is 0.851. The van der Waals surface area contributed by atoms with Gasteiger partial charge in [-0.15, -0.1) is 0 Å². The summed E-state index contributed by atoms with van der Waals surface area (Å²) in [7, 11) is 0. The van der Waals surface area contributed by atoms with Crippen molar-refractivity contribution in [2.75, 3.05) is 5.32 Å². The third-order valence-electron chi connectivity index (χ3n) is 2.47. The van der Waals surface area contributed by atoms with Gasteiger partial charge < -0.3 is 20.3 Å². The maximum absolute atomic E-state index is 11.4. The van der Waals surface area contributed by atoms with Crippen LogP contribution in [0.15, 0.2) is 28.8 Å². The van der Waals surface area contributed by atoms with Gasteiger partial charge in [0.05, 0.1) is 6.04 Å². The molecule has 106 valence electrons. The van der Waals surface area contributed by atoms with Gasteiger partial charge in [-0.1, -0.05) is 5.16 Å². The zero-order valence-electron chi connectivity index (χ0n) is 11.3. The van der Waals surface area contributed by atoms with E-state index in [1.54, 1.807) is 38.1 Å². The molecule has 1 atom stereocenters. The van der Waals surface area contributed by atoms with E-state index in [1.165, 1.54) is 0 Å². The first-order chi connectivity index (χ1) is 9.54. The summed E-state index contributed by atoms with van der Waals surface area (Å²) < 4.78 is 10.3. The second-order valence-electron chi connectivity index (χ2n) is 4.32. The largest absolute Gasteiger partial charge is 0.485 e. The number of rotatable bonds is 5. The molecule has 0 spiro atoms. The molecule has 1 aromatic heterocycles. The number of nitrogens with zero attached hydrogens (tertiary/aromatic N) is 2. The summed E-state index contributed by atoms with van der Waals surface area (Å²) in [5.41, 5.74) is 6.13. The third-order valence-corrected chi connectivity index (χ3v) is 2.47. The first-order valence-corrected chi connectivity index (χ1v) is 6.13. The molecule has 2 rings (SSSR count). The molecule has 0 fully saturated rings. The van der Waals surface area contributed by atoms with E-state index in [-0.39, 0.29) is 12.5 Å². The zero-order valence-corrected chi connectivity index (χ0v) is 11.3. The van der Waals surface area contributed by atoms with Gasteiger partial charge in [0.15, 0.2) is 6.61 Å². The molecule has 0 bridgehead atoms. The summed E-state index contributed by atoms with van der Waals surface area (Å²) in [4.78, 5) is 15.4. The molecule has 7 nitrogen and oxygen atoms in total. The van der Waals surface area contributed by atoms with Gasteiger partial charge in [0.25, 0.3) is 0 Å². The average molecular weight is 276 g/mol. The van der Waals surface area contributed by atoms with E-state index < -0.39 is 6.04 Å². The van der Waals surface area contributed by atoms with Crippen molar-refractivity contribution in [2.45, 2.75) is 26.5 Å². The summed E-state index contributed by atoms with van der Waals surface area (Å²) in [5.74, 6) is 1.39. The molecule has 0 aliphatic rings. The van der Waals surface area contributed by atoms with Crippen LogP contribution >= 0.6 is 0 Å². The number of nitrogens with two attached hydrogens (primary N) is 1. The van der Waals surface area contributed by atoms with Crippen LogP contribution in [0.5, 0.6) is 5.75 Å². The number of benzene rings is 1. The molecule has 20 heavy (non-hydrogen) atoms. The van der Waals surface area contributed by atoms with Crippen LogP contribution in [0.3, 0.4) is 0 Å². The minimum absolute atomic E-state index is 0.225. The summed E-state index contributed by atoms with van der Waals surface area (Å²) >= 11 is 0. The van der Waals surface area contributed by atoms with E-state index in [4.69, 9.17) is 15.0 Å². The first kappa shape index (κ1) is 14.0. The monoisotopic (exact) mass is 276 g/mol. The highest BCUT2D eigenvalue weighted by molar-refractivity contribution is 5.94. The second kappa shape index (κ2) is 6.16. The smallest absolute Gasteiger partial charge is 0.240 e. The molecule has 0 saturated heterocycles. The van der Waals surface area contributed by atoms with Crippen molar-refractivity contribution < 1.29 is 14.1 Å². The number of ether oxygens (including phenoxy) is 1. The van der Waals surface area contributed by atoms with E-state index in [0.29, 0.717) is 23.2 Å². The van der Waals surface area contributed by atoms with Crippen LogP contribution in [0.25, 0.3) is 0 Å². The first-order valence-electron chi connectivity index (χ1n) is 6.13. The number of amides is 1. The van der Waals surface area contributed by atoms with Crippen molar-refractivity contribution in [3.63, 3.8) is 0 Å². The molecule has 0 saturated carbocycles. The molecule has 2 aromatic rings. The number of anilines is 1. The Labute approximate surface area is 116 Å². The maximum Gasteiger partial charge on any atom is 0.240 e. The standard InChI is InChI=1S/C13H16N4O3/c1-8(14)13(18)16-10-3-5-11(6-4-10)19-7-12-15-9(2)20-17-12/h3-6,8H,7,14H2,1-2H3,(H,16,18)/t8-/m0/s1. The van der Waals surface area contributed by atoms with Crippen LogP contribution in [-0.2, 0) is 11.4 Å². The Morgan fingerprint density at radius 3 is 2.70 bits per heavy atom. The summed E-state index contributed by atoms with van der Waals surface area (Å²) in [6, 6.07) is 6.40. The average Bonchev–Trinajstić information content (AvgIpc) is 2.83. The fourth-order valence-corrected chi connectivity index (χ4v) is 1.44. The van der Waals surface area contributed by atoms with Crippen LogP contribution in [-0.4, -0.2) is 22.1 Å². The summed E-state index contributed by atoms with van der Waals surface area (Å²) in [6.45, 7) is 3.56. The maximum atomic E-state index is 11.4. The van der Waals surface area contributed by atoms with E-state index in [0.717, 1.165) is 0 Å². The molecule has 0 radical (unpaired) electrons. The molecular weight excluding hydrogens is 260 g/mol. The van der Waals surface area contributed by atoms with Crippen LogP contribution in [0.2, 0.25) is 0 Å². The molecule has 1 amide bonds. The number of nitrogens with one attached hydrogen (secondary N) is 1. The SMILES string of the molecule is Cc1nc(COc2ccc(NC(=O)[C@H](C)N)cc2)no1. The number of aromatic nitrogens is 2. The summed E-state index contributed by atoms with van der Waals surface area (Å²) in [6.07, 6.45) is 0. The number of aryl methyl sites for hydroxylation is 1. The predicted octanol–water partition coefficient (Wildman–Crippen LogP) is 1.24. The zero-order chi connectivity index (χ0) is 14.5. The Morgan fingerprint density at radius 1 is 1.45 bits per heavy atom. The number of hydrogen-bond donors (Lipinski definition) is 2. The Bertz CT molecular complexity index is 578. The second-order valence-corrected chi connectivity index (χ2v) is 4.32. The van der Waals surface area contributed by atoms with E-state index in [9.17, 15) is 4.79 Å². The molecular formula is C13H16N4O3. The number of hydrogen-bond acceptors (Lipinski definition) is 6. The molecule has 0 aliphatic carbocycles. The van der Waals surface area contributed by atoms with E-state index >= 15 is 0 Å². The van der Waals surface area contributed by atoms with Gasteiger partial charge in [-0.05, 0) is 31.2 Å². The highest BCUT2D eigenvalue weighted by atomic mass is 16.5. The third kappa shape index (κ3) is 3.79. The van der Waals surface area contributed by atoms with Gasteiger partial charge in [0, 0.05) is 12.6 Å². The van der Waals surface area contributed by atoms with Crippen LogP contribution in [0.1, 0.15) is 18.6 Å². The van der Waals surface area contributed by atoms with Crippen molar-refractivity contribution >= 4 is 11.6 Å². The minimum atomic E-state index is -0.549. The molecule has 3 N–H and O–H groups in total. The van der Waals surface area contributed by atoms with Gasteiger partial charge in [-0.2, -0.15) is 4.98 Å². The van der Waals surface area contributed by atoms with Crippen LogP contribution in [0, 0.1) is 6.92 Å². The lowest BCUT2D eigenvalue weighted by molar-refractivity contribution is -0.117. The van der Waals surface area contributed by atoms with E-state index in [1.807, 2.05) is 0 Å². The Morgan fingerprint density at radius 2 is 2.15 bits per heavy atom. The highest BCUT2D eigenvalue weighted by Crippen LogP contribution is 2.16. The Kier molecular flexibility index (Phi) is 4.31. The van der Waals surface area contributed by atoms with Gasteiger partial charge in [-0.3, -0.25) is 4.79 Å². The lowest BCUT2D eigenvalue weighted by Gasteiger charge is -2.08. The number of carbonyl (C=O) groups excluding carboxylic acids is 1. The minimum Gasteiger partial charge on any atom is -0.485 e. The van der Waals surface area contributed by atoms with Crippen molar-refractivity contribution in [2.24, 2.45) is 5.73 Å². The fourth-order valence-electron chi connectivity index (χ4n) is 1.44. The molecule has 7 heteroatoms. The number of carbonyl (C=O) groups is 1. The molecule has 0 aliphatic heterocycles. The molecule has 1 aromatic carbocycles. The lowest BCUT2D eigenvalue weighted by Crippen LogP contribution is -2.32. The van der Waals surface area contributed by atoms with Crippen molar-refractivity contribution in [3.8, 4) is 5.75 Å². The van der Waals surface area contributed by atoms with Gasteiger partial charge in [-0.25, -0.2) is 0 Å². The van der Waals surface area contributed by atoms with Crippen molar-refractivity contribution in [1.82, 2.24) is 10.1 Å². The van der Waals surface area contributed by atoms with Gasteiger partial charge in [0.1, 0.15) is 5.75 Å².